The van der Waals surface area contributed by atoms with Gasteiger partial charge in [0.15, 0.2) is 0 Å². The first-order valence-electron chi connectivity index (χ1n) is 8.00. The Morgan fingerprint density at radius 1 is 1.16 bits per heavy atom. The Bertz CT molecular complexity index is 736. The average molecular weight is 363 g/mol. The second-order valence-corrected chi connectivity index (χ2v) is 5.80. The molecule has 1 amide bonds. The van der Waals surface area contributed by atoms with E-state index in [1.807, 2.05) is 30.3 Å². The maximum atomic E-state index is 12.5. The second kappa shape index (κ2) is 8.74. The van der Waals surface area contributed by atoms with E-state index in [9.17, 15) is 4.79 Å². The summed E-state index contributed by atoms with van der Waals surface area (Å²) in [6.45, 7) is 1.14. The molecule has 6 heteroatoms. The molecule has 2 aromatic carbocycles. The van der Waals surface area contributed by atoms with Crippen LogP contribution in [0.25, 0.3) is 0 Å². The highest BCUT2D eigenvalue weighted by Gasteiger charge is 2.23. The van der Waals surface area contributed by atoms with Gasteiger partial charge >= 0.3 is 0 Å². The molecule has 0 saturated heterocycles. The van der Waals surface area contributed by atoms with Gasteiger partial charge < -0.3 is 20.1 Å². The SMILES string of the molecule is COc1ccc(CNC(=O)C2Cc3ccccc3CN2)c(OC)c1.Cl. The van der Waals surface area contributed by atoms with Crippen LogP contribution in [0.3, 0.4) is 0 Å². The van der Waals surface area contributed by atoms with Gasteiger partial charge in [0.25, 0.3) is 0 Å². The first-order chi connectivity index (χ1) is 11.7. The average Bonchev–Trinajstić information content (AvgIpc) is 2.65. The number of methoxy groups -OCH3 is 2. The fraction of sp³-hybridized carbons (Fsp3) is 0.316. The topological polar surface area (TPSA) is 59.6 Å². The molecule has 134 valence electrons. The van der Waals surface area contributed by atoms with Gasteiger partial charge in [-0.15, -0.1) is 12.4 Å². The maximum Gasteiger partial charge on any atom is 0.237 e. The highest BCUT2D eigenvalue weighted by Crippen LogP contribution is 2.24. The van der Waals surface area contributed by atoms with Crippen LogP contribution in [-0.2, 0) is 24.3 Å². The predicted molar refractivity (Wildman–Crippen MR) is 99.4 cm³/mol. The van der Waals surface area contributed by atoms with Crippen LogP contribution in [0.15, 0.2) is 42.5 Å². The number of carbonyl (C=O) groups excluding carboxylic acids is 1. The minimum absolute atomic E-state index is 0. The van der Waals surface area contributed by atoms with E-state index in [0.29, 0.717) is 18.7 Å². The highest BCUT2D eigenvalue weighted by atomic mass is 35.5. The molecule has 5 nitrogen and oxygen atoms in total. The molecule has 25 heavy (non-hydrogen) atoms. The Hall–Kier alpha value is -2.24. The molecule has 1 aliphatic heterocycles. The third-order valence-corrected chi connectivity index (χ3v) is 4.35. The van der Waals surface area contributed by atoms with Gasteiger partial charge in [0.2, 0.25) is 5.91 Å². The first-order valence-corrected chi connectivity index (χ1v) is 8.00. The summed E-state index contributed by atoms with van der Waals surface area (Å²) in [5.74, 6) is 1.44. The number of fused-ring (bicyclic) bond motifs is 1. The normalized spacial score (nSPS) is 15.5. The Morgan fingerprint density at radius 2 is 1.92 bits per heavy atom. The van der Waals surface area contributed by atoms with E-state index < -0.39 is 0 Å². The van der Waals surface area contributed by atoms with Crippen molar-refractivity contribution in [3.63, 3.8) is 0 Å². The van der Waals surface area contributed by atoms with Crippen LogP contribution >= 0.6 is 12.4 Å². The van der Waals surface area contributed by atoms with Crippen molar-refractivity contribution in [3.05, 3.63) is 59.2 Å². The Morgan fingerprint density at radius 3 is 2.64 bits per heavy atom. The first kappa shape index (κ1) is 19.1. The Kier molecular flexibility index (Phi) is 6.67. The largest absolute Gasteiger partial charge is 0.497 e. The molecule has 0 fully saturated rings. The molecule has 2 N–H and O–H groups in total. The van der Waals surface area contributed by atoms with Crippen molar-refractivity contribution in [1.82, 2.24) is 10.6 Å². The van der Waals surface area contributed by atoms with Gasteiger partial charge in [-0.1, -0.05) is 24.3 Å². The van der Waals surface area contributed by atoms with Gasteiger partial charge in [0, 0.05) is 24.7 Å². The molecule has 0 aromatic heterocycles. The van der Waals surface area contributed by atoms with Crippen LogP contribution in [-0.4, -0.2) is 26.2 Å². The third kappa shape index (κ3) is 4.44. The van der Waals surface area contributed by atoms with Crippen molar-refractivity contribution in [2.24, 2.45) is 0 Å². The zero-order valence-electron chi connectivity index (χ0n) is 14.4. The second-order valence-electron chi connectivity index (χ2n) is 5.80. The standard InChI is InChI=1S/C19H22N2O3.ClH/c1-23-16-8-7-15(18(10-16)24-2)12-21-19(22)17-9-13-5-3-4-6-14(13)11-20-17;/h3-8,10,17,20H,9,11-12H2,1-2H3,(H,21,22);1H. The van der Waals surface area contributed by atoms with Gasteiger partial charge in [-0.05, 0) is 29.7 Å². The molecule has 1 atom stereocenters. The summed E-state index contributed by atoms with van der Waals surface area (Å²) in [5, 5.41) is 6.28. The van der Waals surface area contributed by atoms with Crippen molar-refractivity contribution >= 4 is 18.3 Å². The third-order valence-electron chi connectivity index (χ3n) is 4.35. The van der Waals surface area contributed by atoms with Gasteiger partial charge in [-0.25, -0.2) is 0 Å². The molecule has 1 heterocycles. The molecule has 3 rings (SSSR count). The van der Waals surface area contributed by atoms with Crippen LogP contribution in [0.4, 0.5) is 0 Å². The molecule has 1 unspecified atom stereocenters. The van der Waals surface area contributed by atoms with Crippen molar-refractivity contribution in [2.45, 2.75) is 25.6 Å². The summed E-state index contributed by atoms with van der Waals surface area (Å²) in [5.41, 5.74) is 3.42. The van der Waals surface area contributed by atoms with Gasteiger partial charge in [0.1, 0.15) is 11.5 Å². The lowest BCUT2D eigenvalue weighted by molar-refractivity contribution is -0.123. The van der Waals surface area contributed by atoms with E-state index >= 15 is 0 Å². The number of hydrogen-bond acceptors (Lipinski definition) is 4. The number of ether oxygens (including phenoxy) is 2. The van der Waals surface area contributed by atoms with Crippen molar-refractivity contribution in [2.75, 3.05) is 14.2 Å². The molecular formula is C19H23ClN2O3. The fourth-order valence-corrected chi connectivity index (χ4v) is 2.94. The van der Waals surface area contributed by atoms with Gasteiger partial charge in [0.05, 0.1) is 20.3 Å². The van der Waals surface area contributed by atoms with E-state index in [0.717, 1.165) is 17.9 Å². The lowest BCUT2D eigenvalue weighted by Gasteiger charge is -2.25. The van der Waals surface area contributed by atoms with E-state index in [1.165, 1.54) is 11.1 Å². The van der Waals surface area contributed by atoms with E-state index in [1.54, 1.807) is 14.2 Å². The fourth-order valence-electron chi connectivity index (χ4n) is 2.94. The Balaban J connectivity index is 0.00000225. The van der Waals surface area contributed by atoms with Crippen LogP contribution in [0.2, 0.25) is 0 Å². The summed E-state index contributed by atoms with van der Waals surface area (Å²) in [6.07, 6.45) is 0.710. The van der Waals surface area contributed by atoms with Gasteiger partial charge in [-0.2, -0.15) is 0 Å². The monoisotopic (exact) mass is 362 g/mol. The highest BCUT2D eigenvalue weighted by molar-refractivity contribution is 5.85. The number of rotatable bonds is 5. The lowest BCUT2D eigenvalue weighted by Crippen LogP contribution is -2.47. The molecule has 0 saturated carbocycles. The molecule has 0 radical (unpaired) electrons. The molecule has 2 aromatic rings. The Labute approximate surface area is 154 Å². The zero-order valence-corrected chi connectivity index (χ0v) is 15.2. The predicted octanol–water partition coefficient (Wildman–Crippen LogP) is 2.46. The molecule has 1 aliphatic rings. The van der Waals surface area contributed by atoms with Gasteiger partial charge in [-0.3, -0.25) is 4.79 Å². The van der Waals surface area contributed by atoms with E-state index in [-0.39, 0.29) is 24.4 Å². The number of carbonyl (C=O) groups is 1. The van der Waals surface area contributed by atoms with Crippen LogP contribution in [0, 0.1) is 0 Å². The number of amides is 1. The number of nitrogens with one attached hydrogen (secondary N) is 2. The number of hydrogen-bond donors (Lipinski definition) is 2. The summed E-state index contributed by atoms with van der Waals surface area (Å²) >= 11 is 0. The lowest BCUT2D eigenvalue weighted by atomic mass is 9.95. The number of halogens is 1. The minimum Gasteiger partial charge on any atom is -0.497 e. The summed E-state index contributed by atoms with van der Waals surface area (Å²) in [4.78, 5) is 12.5. The summed E-state index contributed by atoms with van der Waals surface area (Å²) in [7, 11) is 3.22. The molecule has 0 spiro atoms. The number of benzene rings is 2. The quantitative estimate of drug-likeness (QED) is 0.857. The van der Waals surface area contributed by atoms with Crippen LogP contribution in [0.5, 0.6) is 11.5 Å². The molecule has 0 bridgehead atoms. The van der Waals surface area contributed by atoms with Crippen LogP contribution in [0.1, 0.15) is 16.7 Å². The van der Waals surface area contributed by atoms with Crippen LogP contribution < -0.4 is 20.1 Å². The summed E-state index contributed by atoms with van der Waals surface area (Å²) < 4.78 is 10.6. The van der Waals surface area contributed by atoms with Crippen molar-refractivity contribution < 1.29 is 14.3 Å². The van der Waals surface area contributed by atoms with Crippen molar-refractivity contribution in [1.29, 1.82) is 0 Å². The van der Waals surface area contributed by atoms with E-state index in [2.05, 4.69) is 22.8 Å². The zero-order chi connectivity index (χ0) is 16.9. The smallest absolute Gasteiger partial charge is 0.237 e. The minimum atomic E-state index is -0.204. The summed E-state index contributed by atoms with van der Waals surface area (Å²) in [6, 6.07) is 13.6. The molecular weight excluding hydrogens is 340 g/mol. The van der Waals surface area contributed by atoms with Crippen molar-refractivity contribution in [3.8, 4) is 11.5 Å². The molecule has 0 aliphatic carbocycles. The maximum absolute atomic E-state index is 12.5. The van der Waals surface area contributed by atoms with E-state index in [4.69, 9.17) is 9.47 Å².